The van der Waals surface area contributed by atoms with Gasteiger partial charge in [-0.1, -0.05) is 12.1 Å². The smallest absolute Gasteiger partial charge is 0.223 e. The first-order valence-corrected chi connectivity index (χ1v) is 12.0. The predicted molar refractivity (Wildman–Crippen MR) is 134 cm³/mol. The van der Waals surface area contributed by atoms with Crippen LogP contribution in [0.15, 0.2) is 60.9 Å². The van der Waals surface area contributed by atoms with Crippen molar-refractivity contribution in [1.82, 2.24) is 15.3 Å². The van der Waals surface area contributed by atoms with E-state index in [2.05, 4.69) is 63.2 Å². The van der Waals surface area contributed by atoms with Crippen molar-refractivity contribution >= 4 is 17.4 Å². The van der Waals surface area contributed by atoms with Crippen molar-refractivity contribution < 1.29 is 9.18 Å². The van der Waals surface area contributed by atoms with E-state index in [0.717, 1.165) is 61.7 Å². The number of piperidine rings is 1. The van der Waals surface area contributed by atoms with E-state index in [-0.39, 0.29) is 17.6 Å². The Balaban J connectivity index is 1.28. The van der Waals surface area contributed by atoms with Gasteiger partial charge < -0.3 is 15.1 Å². The van der Waals surface area contributed by atoms with Crippen LogP contribution in [0.3, 0.4) is 0 Å². The second-order valence-corrected chi connectivity index (χ2v) is 8.59. The van der Waals surface area contributed by atoms with E-state index >= 15 is 0 Å². The maximum atomic E-state index is 13.2. The molecule has 0 bridgehead atoms. The molecule has 178 valence electrons. The number of rotatable bonds is 8. The van der Waals surface area contributed by atoms with Crippen LogP contribution in [0.4, 0.5) is 15.9 Å². The molecule has 34 heavy (non-hydrogen) atoms. The molecule has 1 aromatic heterocycles. The maximum Gasteiger partial charge on any atom is 0.223 e. The molecule has 3 aromatic rings. The highest BCUT2D eigenvalue weighted by Crippen LogP contribution is 2.25. The Morgan fingerprint density at radius 2 is 1.71 bits per heavy atom. The minimum absolute atomic E-state index is 0.00426. The van der Waals surface area contributed by atoms with E-state index in [1.807, 2.05) is 6.07 Å². The molecule has 1 N–H and O–H groups in total. The summed E-state index contributed by atoms with van der Waals surface area (Å²) in [6.45, 7) is 8.33. The van der Waals surface area contributed by atoms with Gasteiger partial charge in [0.2, 0.25) is 5.91 Å². The van der Waals surface area contributed by atoms with Gasteiger partial charge in [-0.05, 0) is 68.7 Å². The van der Waals surface area contributed by atoms with E-state index in [9.17, 15) is 9.18 Å². The predicted octanol–water partition coefficient (Wildman–Crippen LogP) is 4.66. The molecule has 1 fully saturated rings. The largest absolute Gasteiger partial charge is 0.372 e. The van der Waals surface area contributed by atoms with Crippen molar-refractivity contribution in [3.63, 3.8) is 0 Å². The average Bonchev–Trinajstić information content (AvgIpc) is 2.89. The molecule has 1 aliphatic heterocycles. The molecule has 0 aliphatic carbocycles. The second kappa shape index (κ2) is 11.1. The van der Waals surface area contributed by atoms with Crippen LogP contribution in [0.2, 0.25) is 0 Å². The lowest BCUT2D eigenvalue weighted by Crippen LogP contribution is -2.40. The number of anilines is 2. The monoisotopic (exact) mass is 461 g/mol. The van der Waals surface area contributed by atoms with E-state index in [0.29, 0.717) is 6.54 Å². The summed E-state index contributed by atoms with van der Waals surface area (Å²) in [5, 5.41) is 3.11. The van der Waals surface area contributed by atoms with Gasteiger partial charge in [0.1, 0.15) is 18.0 Å². The van der Waals surface area contributed by atoms with Gasteiger partial charge in [0.15, 0.2) is 0 Å². The SMILES string of the molecule is CCN(CC)c1ccc(CNC(=O)C2CCN(c3cc(-c4ccc(F)cc4)ncn3)CC2)cc1. The second-order valence-electron chi connectivity index (χ2n) is 8.59. The lowest BCUT2D eigenvalue weighted by Gasteiger charge is -2.32. The Bertz CT molecular complexity index is 1070. The van der Waals surface area contributed by atoms with Crippen LogP contribution in [-0.4, -0.2) is 42.1 Å². The molecule has 0 radical (unpaired) electrons. The quantitative estimate of drug-likeness (QED) is 0.529. The van der Waals surface area contributed by atoms with E-state index in [1.54, 1.807) is 18.5 Å². The molecule has 1 amide bonds. The Kier molecular flexibility index (Phi) is 7.72. The van der Waals surface area contributed by atoms with Gasteiger partial charge in [-0.3, -0.25) is 4.79 Å². The summed E-state index contributed by atoms with van der Waals surface area (Å²) < 4.78 is 13.2. The van der Waals surface area contributed by atoms with Crippen molar-refractivity contribution in [2.75, 3.05) is 36.0 Å². The van der Waals surface area contributed by atoms with Crippen molar-refractivity contribution in [1.29, 1.82) is 0 Å². The van der Waals surface area contributed by atoms with E-state index in [4.69, 9.17) is 0 Å². The standard InChI is InChI=1S/C27H32FN5O/c1-3-32(4-2)24-11-5-20(6-12-24)18-29-27(34)22-13-15-33(16-14-22)26-17-25(30-19-31-26)21-7-9-23(28)10-8-21/h5-12,17,19,22H,3-4,13-16,18H2,1-2H3,(H,29,34). The number of hydrogen-bond donors (Lipinski definition) is 1. The minimum atomic E-state index is -0.268. The summed E-state index contributed by atoms with van der Waals surface area (Å²) >= 11 is 0. The van der Waals surface area contributed by atoms with Crippen LogP contribution < -0.4 is 15.1 Å². The van der Waals surface area contributed by atoms with Gasteiger partial charge in [-0.25, -0.2) is 14.4 Å². The highest BCUT2D eigenvalue weighted by Gasteiger charge is 2.25. The number of aromatic nitrogens is 2. The molecule has 1 saturated heterocycles. The van der Waals surface area contributed by atoms with E-state index in [1.165, 1.54) is 17.8 Å². The van der Waals surface area contributed by atoms with Crippen molar-refractivity contribution in [2.45, 2.75) is 33.2 Å². The Labute approximate surface area is 200 Å². The number of carbonyl (C=O) groups excluding carboxylic acids is 1. The maximum absolute atomic E-state index is 13.2. The molecule has 4 rings (SSSR count). The molecule has 7 heteroatoms. The van der Waals surface area contributed by atoms with Crippen molar-refractivity contribution in [2.24, 2.45) is 5.92 Å². The van der Waals surface area contributed by atoms with Crippen LogP contribution in [0.5, 0.6) is 0 Å². The highest BCUT2D eigenvalue weighted by molar-refractivity contribution is 5.79. The van der Waals surface area contributed by atoms with Crippen LogP contribution >= 0.6 is 0 Å². The summed E-state index contributed by atoms with van der Waals surface area (Å²) in [6, 6.07) is 16.6. The number of nitrogens with one attached hydrogen (secondary N) is 1. The third-order valence-electron chi connectivity index (χ3n) is 6.51. The summed E-state index contributed by atoms with van der Waals surface area (Å²) in [4.78, 5) is 26.0. The molecular weight excluding hydrogens is 429 g/mol. The first-order chi connectivity index (χ1) is 16.6. The number of carbonyl (C=O) groups is 1. The number of nitrogens with zero attached hydrogens (tertiary/aromatic N) is 4. The zero-order valence-corrected chi connectivity index (χ0v) is 19.9. The summed E-state index contributed by atoms with van der Waals surface area (Å²) in [6.07, 6.45) is 3.10. The van der Waals surface area contributed by atoms with Gasteiger partial charge in [-0.15, -0.1) is 0 Å². The fourth-order valence-electron chi connectivity index (χ4n) is 4.42. The average molecular weight is 462 g/mol. The third kappa shape index (κ3) is 5.71. The van der Waals surface area contributed by atoms with Crippen molar-refractivity contribution in [3.05, 3.63) is 72.3 Å². The zero-order chi connectivity index (χ0) is 23.9. The summed E-state index contributed by atoms with van der Waals surface area (Å²) in [5.74, 6) is 0.684. The highest BCUT2D eigenvalue weighted by atomic mass is 19.1. The van der Waals surface area contributed by atoms with Gasteiger partial charge in [-0.2, -0.15) is 0 Å². The number of hydrogen-bond acceptors (Lipinski definition) is 5. The zero-order valence-electron chi connectivity index (χ0n) is 19.9. The summed E-state index contributed by atoms with van der Waals surface area (Å²) in [5.41, 5.74) is 3.93. The van der Waals surface area contributed by atoms with Crippen LogP contribution in [0.1, 0.15) is 32.3 Å². The first-order valence-electron chi connectivity index (χ1n) is 12.0. The van der Waals surface area contributed by atoms with Gasteiger partial charge >= 0.3 is 0 Å². The summed E-state index contributed by atoms with van der Waals surface area (Å²) in [7, 11) is 0. The molecule has 2 heterocycles. The molecule has 2 aromatic carbocycles. The first kappa shape index (κ1) is 23.7. The Morgan fingerprint density at radius 1 is 1.03 bits per heavy atom. The van der Waals surface area contributed by atoms with Crippen LogP contribution in [-0.2, 0) is 11.3 Å². The molecule has 6 nitrogen and oxygen atoms in total. The van der Waals surface area contributed by atoms with Gasteiger partial charge in [0.25, 0.3) is 0 Å². The molecular formula is C27H32FN5O. The molecule has 1 aliphatic rings. The fraction of sp³-hybridized carbons (Fsp3) is 0.370. The number of amides is 1. The third-order valence-corrected chi connectivity index (χ3v) is 6.51. The van der Waals surface area contributed by atoms with Crippen molar-refractivity contribution in [3.8, 4) is 11.3 Å². The van der Waals surface area contributed by atoms with Crippen LogP contribution in [0.25, 0.3) is 11.3 Å². The fourth-order valence-corrected chi connectivity index (χ4v) is 4.42. The number of benzene rings is 2. The molecule has 0 atom stereocenters. The molecule has 0 spiro atoms. The van der Waals surface area contributed by atoms with Gasteiger partial charge in [0.05, 0.1) is 5.69 Å². The van der Waals surface area contributed by atoms with E-state index < -0.39 is 0 Å². The molecule has 0 saturated carbocycles. The van der Waals surface area contributed by atoms with Crippen LogP contribution in [0, 0.1) is 11.7 Å². The Morgan fingerprint density at radius 3 is 2.35 bits per heavy atom. The lowest BCUT2D eigenvalue weighted by atomic mass is 9.95. The van der Waals surface area contributed by atoms with Gasteiger partial charge in [0, 0.05) is 56.0 Å². The lowest BCUT2D eigenvalue weighted by molar-refractivity contribution is -0.125. The normalized spacial score (nSPS) is 14.1. The molecule has 0 unspecified atom stereocenters. The number of halogens is 1. The topological polar surface area (TPSA) is 61.4 Å². The Hall–Kier alpha value is -3.48. The minimum Gasteiger partial charge on any atom is -0.372 e.